The molecule has 1 aromatic rings. The van der Waals surface area contributed by atoms with Gasteiger partial charge in [0.25, 0.3) is 0 Å². The lowest BCUT2D eigenvalue weighted by molar-refractivity contribution is -0.144. The highest BCUT2D eigenvalue weighted by atomic mass is 32.1. The Kier molecular flexibility index (Phi) is 6.52. The first kappa shape index (κ1) is 15.7. The van der Waals surface area contributed by atoms with Gasteiger partial charge >= 0.3 is 5.97 Å². The van der Waals surface area contributed by atoms with Gasteiger partial charge in [-0.05, 0) is 24.8 Å². The van der Waals surface area contributed by atoms with Crippen molar-refractivity contribution in [3.05, 3.63) is 22.4 Å². The first-order valence-electron chi connectivity index (χ1n) is 6.13. The van der Waals surface area contributed by atoms with Crippen molar-refractivity contribution in [2.75, 3.05) is 13.7 Å². The normalized spacial score (nSPS) is 13.6. The Morgan fingerprint density at radius 2 is 2.21 bits per heavy atom. The SMILES string of the molecule is COC(=O)C(CNC(C)Cc1cccs1)NC(C)=O. The van der Waals surface area contributed by atoms with E-state index in [-0.39, 0.29) is 11.9 Å². The third-order valence-electron chi connectivity index (χ3n) is 2.62. The van der Waals surface area contributed by atoms with E-state index in [9.17, 15) is 9.59 Å². The summed E-state index contributed by atoms with van der Waals surface area (Å²) < 4.78 is 4.66. The number of ether oxygens (including phenoxy) is 1. The van der Waals surface area contributed by atoms with E-state index in [0.29, 0.717) is 6.54 Å². The van der Waals surface area contributed by atoms with E-state index >= 15 is 0 Å². The molecule has 0 aromatic carbocycles. The standard InChI is InChI=1S/C13H20N2O3S/c1-9(7-11-5-4-6-19-11)14-8-12(13(17)18-3)15-10(2)16/h4-6,9,12,14H,7-8H2,1-3H3,(H,15,16). The van der Waals surface area contributed by atoms with Crippen molar-refractivity contribution in [3.63, 3.8) is 0 Å². The van der Waals surface area contributed by atoms with Gasteiger partial charge in [-0.25, -0.2) is 4.79 Å². The van der Waals surface area contributed by atoms with Gasteiger partial charge in [-0.2, -0.15) is 0 Å². The highest BCUT2D eigenvalue weighted by Gasteiger charge is 2.20. The molecule has 1 aromatic heterocycles. The fraction of sp³-hybridized carbons (Fsp3) is 0.538. The van der Waals surface area contributed by atoms with E-state index < -0.39 is 12.0 Å². The van der Waals surface area contributed by atoms with Gasteiger partial charge < -0.3 is 15.4 Å². The minimum Gasteiger partial charge on any atom is -0.467 e. The van der Waals surface area contributed by atoms with E-state index in [1.54, 1.807) is 11.3 Å². The molecule has 0 saturated heterocycles. The topological polar surface area (TPSA) is 67.4 Å². The molecule has 0 aliphatic carbocycles. The number of amides is 1. The highest BCUT2D eigenvalue weighted by Crippen LogP contribution is 2.10. The van der Waals surface area contributed by atoms with Crippen LogP contribution in [0.4, 0.5) is 0 Å². The van der Waals surface area contributed by atoms with Gasteiger partial charge in [-0.15, -0.1) is 11.3 Å². The van der Waals surface area contributed by atoms with E-state index in [1.165, 1.54) is 18.9 Å². The smallest absolute Gasteiger partial charge is 0.329 e. The summed E-state index contributed by atoms with van der Waals surface area (Å²) in [7, 11) is 1.31. The van der Waals surface area contributed by atoms with Crippen molar-refractivity contribution in [3.8, 4) is 0 Å². The lowest BCUT2D eigenvalue weighted by Crippen LogP contribution is -2.49. The zero-order valence-corrected chi connectivity index (χ0v) is 12.3. The number of carbonyl (C=O) groups is 2. The second-order valence-corrected chi connectivity index (χ2v) is 5.40. The maximum absolute atomic E-state index is 11.5. The van der Waals surface area contributed by atoms with Gasteiger partial charge in [-0.1, -0.05) is 6.07 Å². The second-order valence-electron chi connectivity index (χ2n) is 4.37. The van der Waals surface area contributed by atoms with E-state index in [4.69, 9.17) is 0 Å². The molecule has 1 heterocycles. The maximum atomic E-state index is 11.5. The second kappa shape index (κ2) is 7.91. The van der Waals surface area contributed by atoms with Crippen molar-refractivity contribution >= 4 is 23.2 Å². The Bertz CT molecular complexity index is 406. The molecule has 106 valence electrons. The number of rotatable bonds is 7. The third-order valence-corrected chi connectivity index (χ3v) is 3.52. The molecule has 0 fully saturated rings. The van der Waals surface area contributed by atoms with Crippen LogP contribution < -0.4 is 10.6 Å². The number of hydrogen-bond donors (Lipinski definition) is 2. The Balaban J connectivity index is 2.41. The van der Waals surface area contributed by atoms with Gasteiger partial charge in [0.2, 0.25) is 5.91 Å². The van der Waals surface area contributed by atoms with Crippen LogP contribution in [0.3, 0.4) is 0 Å². The fourth-order valence-corrected chi connectivity index (χ4v) is 2.54. The van der Waals surface area contributed by atoms with Crippen LogP contribution in [0.2, 0.25) is 0 Å². The van der Waals surface area contributed by atoms with Crippen LogP contribution in [0.25, 0.3) is 0 Å². The summed E-state index contributed by atoms with van der Waals surface area (Å²) in [6, 6.07) is 3.67. The molecule has 0 bridgehead atoms. The van der Waals surface area contributed by atoms with Crippen molar-refractivity contribution < 1.29 is 14.3 Å². The monoisotopic (exact) mass is 284 g/mol. The molecule has 0 spiro atoms. The predicted octanol–water partition coefficient (Wildman–Crippen LogP) is 0.946. The van der Waals surface area contributed by atoms with Crippen molar-refractivity contribution in [2.24, 2.45) is 0 Å². The molecule has 6 heteroatoms. The van der Waals surface area contributed by atoms with Crippen LogP contribution in [-0.4, -0.2) is 37.6 Å². The van der Waals surface area contributed by atoms with Gasteiger partial charge in [0.05, 0.1) is 7.11 Å². The lowest BCUT2D eigenvalue weighted by atomic mass is 10.2. The highest BCUT2D eigenvalue weighted by molar-refractivity contribution is 7.09. The van der Waals surface area contributed by atoms with Crippen molar-refractivity contribution in [1.82, 2.24) is 10.6 Å². The van der Waals surface area contributed by atoms with E-state index in [1.807, 2.05) is 18.4 Å². The number of methoxy groups -OCH3 is 1. The number of nitrogens with one attached hydrogen (secondary N) is 2. The van der Waals surface area contributed by atoms with Gasteiger partial charge in [0.15, 0.2) is 0 Å². The molecule has 0 aliphatic rings. The van der Waals surface area contributed by atoms with Crippen LogP contribution >= 0.6 is 11.3 Å². The maximum Gasteiger partial charge on any atom is 0.329 e. The van der Waals surface area contributed by atoms with Crippen molar-refractivity contribution in [2.45, 2.75) is 32.4 Å². The summed E-state index contributed by atoms with van der Waals surface area (Å²) in [4.78, 5) is 23.8. The van der Waals surface area contributed by atoms with Crippen LogP contribution in [0.5, 0.6) is 0 Å². The first-order valence-corrected chi connectivity index (χ1v) is 7.01. The Morgan fingerprint density at radius 1 is 1.47 bits per heavy atom. The van der Waals surface area contributed by atoms with Crippen LogP contribution in [0.15, 0.2) is 17.5 Å². The zero-order valence-electron chi connectivity index (χ0n) is 11.4. The summed E-state index contributed by atoms with van der Waals surface area (Å²) >= 11 is 1.71. The average molecular weight is 284 g/mol. The minimum atomic E-state index is -0.645. The predicted molar refractivity (Wildman–Crippen MR) is 75.1 cm³/mol. The van der Waals surface area contributed by atoms with E-state index in [0.717, 1.165) is 6.42 Å². The first-order chi connectivity index (χ1) is 9.02. The van der Waals surface area contributed by atoms with Crippen molar-refractivity contribution in [1.29, 1.82) is 0 Å². The molecule has 0 saturated carbocycles. The molecule has 0 aliphatic heterocycles. The third kappa shape index (κ3) is 5.85. The molecule has 5 nitrogen and oxygen atoms in total. The number of hydrogen-bond acceptors (Lipinski definition) is 5. The summed E-state index contributed by atoms with van der Waals surface area (Å²) in [5.41, 5.74) is 0. The quantitative estimate of drug-likeness (QED) is 0.732. The lowest BCUT2D eigenvalue weighted by Gasteiger charge is -2.19. The van der Waals surface area contributed by atoms with Crippen LogP contribution in [-0.2, 0) is 20.7 Å². The molecular formula is C13H20N2O3S. The summed E-state index contributed by atoms with van der Waals surface area (Å²) in [5, 5.41) is 7.84. The molecule has 2 N–H and O–H groups in total. The van der Waals surface area contributed by atoms with Gasteiger partial charge in [0, 0.05) is 24.4 Å². The molecule has 2 unspecified atom stereocenters. The summed E-state index contributed by atoms with van der Waals surface area (Å²) in [6.07, 6.45) is 0.894. The van der Waals surface area contributed by atoms with Crippen LogP contribution in [0.1, 0.15) is 18.7 Å². The van der Waals surface area contributed by atoms with Gasteiger partial charge in [0.1, 0.15) is 6.04 Å². The molecule has 19 heavy (non-hydrogen) atoms. The Hall–Kier alpha value is -1.40. The Labute approximate surface area is 117 Å². The number of esters is 1. The van der Waals surface area contributed by atoms with E-state index in [2.05, 4.69) is 21.4 Å². The van der Waals surface area contributed by atoms with Gasteiger partial charge in [-0.3, -0.25) is 4.79 Å². The molecular weight excluding hydrogens is 264 g/mol. The Morgan fingerprint density at radius 3 is 2.74 bits per heavy atom. The molecule has 0 radical (unpaired) electrons. The largest absolute Gasteiger partial charge is 0.467 e. The minimum absolute atomic E-state index is 0.222. The molecule has 1 amide bonds. The summed E-state index contributed by atoms with van der Waals surface area (Å²) in [5.74, 6) is -0.686. The number of thiophene rings is 1. The van der Waals surface area contributed by atoms with Crippen LogP contribution in [0, 0.1) is 0 Å². The number of carbonyl (C=O) groups excluding carboxylic acids is 2. The summed E-state index contributed by atoms with van der Waals surface area (Å²) in [6.45, 7) is 3.78. The average Bonchev–Trinajstić information content (AvgIpc) is 2.85. The fourth-order valence-electron chi connectivity index (χ4n) is 1.70. The molecule has 1 rings (SSSR count). The molecule has 2 atom stereocenters. The zero-order chi connectivity index (χ0) is 14.3.